The van der Waals surface area contributed by atoms with Crippen molar-refractivity contribution < 1.29 is 9.15 Å². The number of methoxy groups -OCH3 is 1. The minimum absolute atomic E-state index is 0.608. The van der Waals surface area contributed by atoms with Crippen LogP contribution in [0.1, 0.15) is 11.1 Å². The molecule has 2 rings (SSSR count). The van der Waals surface area contributed by atoms with Gasteiger partial charge in [0.25, 0.3) is 0 Å². The molecule has 2 heteroatoms. The number of fused-ring (bicyclic) bond motifs is 1. The highest BCUT2D eigenvalue weighted by Crippen LogP contribution is 2.22. The largest absolute Gasteiger partial charge is 0.464 e. The SMILES string of the molecule is COCc1coc2ccc(C)cc12. The molecule has 0 spiro atoms. The predicted molar refractivity (Wildman–Crippen MR) is 51.7 cm³/mol. The van der Waals surface area contributed by atoms with Crippen LogP contribution in [0.4, 0.5) is 0 Å². The minimum atomic E-state index is 0.608. The maximum atomic E-state index is 5.38. The molecule has 0 N–H and O–H groups in total. The summed E-state index contributed by atoms with van der Waals surface area (Å²) in [5.41, 5.74) is 3.28. The van der Waals surface area contributed by atoms with E-state index in [4.69, 9.17) is 9.15 Å². The van der Waals surface area contributed by atoms with Crippen molar-refractivity contribution >= 4 is 11.0 Å². The summed E-state index contributed by atoms with van der Waals surface area (Å²) < 4.78 is 10.5. The molecule has 13 heavy (non-hydrogen) atoms. The summed E-state index contributed by atoms with van der Waals surface area (Å²) in [6.45, 7) is 2.68. The highest BCUT2D eigenvalue weighted by Gasteiger charge is 2.04. The van der Waals surface area contributed by atoms with E-state index in [-0.39, 0.29) is 0 Å². The van der Waals surface area contributed by atoms with Gasteiger partial charge in [-0.2, -0.15) is 0 Å². The second-order valence-corrected chi connectivity index (χ2v) is 3.19. The molecule has 0 aliphatic carbocycles. The van der Waals surface area contributed by atoms with Gasteiger partial charge in [-0.25, -0.2) is 0 Å². The van der Waals surface area contributed by atoms with Gasteiger partial charge in [0.2, 0.25) is 0 Å². The fourth-order valence-electron chi connectivity index (χ4n) is 1.46. The maximum Gasteiger partial charge on any atom is 0.134 e. The monoisotopic (exact) mass is 176 g/mol. The van der Waals surface area contributed by atoms with Crippen LogP contribution in [-0.4, -0.2) is 7.11 Å². The number of rotatable bonds is 2. The third kappa shape index (κ3) is 1.45. The third-order valence-electron chi connectivity index (χ3n) is 2.11. The topological polar surface area (TPSA) is 22.4 Å². The average Bonchev–Trinajstić information content (AvgIpc) is 2.49. The zero-order chi connectivity index (χ0) is 9.26. The second kappa shape index (κ2) is 3.23. The van der Waals surface area contributed by atoms with E-state index < -0.39 is 0 Å². The number of ether oxygens (including phenoxy) is 1. The van der Waals surface area contributed by atoms with Crippen molar-refractivity contribution in [1.82, 2.24) is 0 Å². The lowest BCUT2D eigenvalue weighted by molar-refractivity contribution is 0.185. The second-order valence-electron chi connectivity index (χ2n) is 3.19. The number of hydrogen-bond donors (Lipinski definition) is 0. The van der Waals surface area contributed by atoms with Crippen molar-refractivity contribution in [2.75, 3.05) is 7.11 Å². The zero-order valence-electron chi connectivity index (χ0n) is 7.83. The summed E-state index contributed by atoms with van der Waals surface area (Å²) in [6.07, 6.45) is 1.76. The summed E-state index contributed by atoms with van der Waals surface area (Å²) in [5, 5.41) is 1.15. The molecule has 1 aromatic heterocycles. The van der Waals surface area contributed by atoms with Crippen molar-refractivity contribution in [1.29, 1.82) is 0 Å². The number of benzene rings is 1. The van der Waals surface area contributed by atoms with Gasteiger partial charge in [-0.1, -0.05) is 11.6 Å². The van der Waals surface area contributed by atoms with Gasteiger partial charge in [-0.15, -0.1) is 0 Å². The van der Waals surface area contributed by atoms with Crippen molar-refractivity contribution in [3.63, 3.8) is 0 Å². The Morgan fingerprint density at radius 2 is 2.23 bits per heavy atom. The summed E-state index contributed by atoms with van der Waals surface area (Å²) in [4.78, 5) is 0. The molecule has 0 fully saturated rings. The molecule has 0 amide bonds. The van der Waals surface area contributed by atoms with Crippen molar-refractivity contribution in [2.45, 2.75) is 13.5 Å². The molecule has 0 aliphatic heterocycles. The third-order valence-corrected chi connectivity index (χ3v) is 2.11. The molecule has 2 aromatic rings. The molecule has 0 saturated carbocycles. The van der Waals surface area contributed by atoms with E-state index in [1.54, 1.807) is 13.4 Å². The number of hydrogen-bond acceptors (Lipinski definition) is 2. The Bertz CT molecular complexity index is 415. The van der Waals surface area contributed by atoms with E-state index in [1.165, 1.54) is 5.56 Å². The molecule has 0 saturated heterocycles. The Morgan fingerprint density at radius 1 is 1.38 bits per heavy atom. The maximum absolute atomic E-state index is 5.38. The molecule has 0 radical (unpaired) electrons. The smallest absolute Gasteiger partial charge is 0.134 e. The molecule has 1 aromatic carbocycles. The Morgan fingerprint density at radius 3 is 3.00 bits per heavy atom. The van der Waals surface area contributed by atoms with E-state index in [1.807, 2.05) is 12.1 Å². The fraction of sp³-hybridized carbons (Fsp3) is 0.273. The van der Waals surface area contributed by atoms with E-state index in [9.17, 15) is 0 Å². The highest BCUT2D eigenvalue weighted by molar-refractivity contribution is 5.81. The van der Waals surface area contributed by atoms with Crippen molar-refractivity contribution in [2.24, 2.45) is 0 Å². The van der Waals surface area contributed by atoms with Gasteiger partial charge in [0.05, 0.1) is 12.9 Å². The molecule has 2 nitrogen and oxygen atoms in total. The lowest BCUT2D eigenvalue weighted by Gasteiger charge is -1.96. The van der Waals surface area contributed by atoms with Gasteiger partial charge in [0.1, 0.15) is 5.58 Å². The fourth-order valence-corrected chi connectivity index (χ4v) is 1.46. The Hall–Kier alpha value is -1.28. The van der Waals surface area contributed by atoms with Gasteiger partial charge < -0.3 is 9.15 Å². The minimum Gasteiger partial charge on any atom is -0.464 e. The zero-order valence-corrected chi connectivity index (χ0v) is 7.83. The van der Waals surface area contributed by atoms with Crippen LogP contribution in [0.2, 0.25) is 0 Å². The first-order valence-electron chi connectivity index (χ1n) is 4.27. The molecule has 0 unspecified atom stereocenters. The van der Waals surface area contributed by atoms with E-state index in [0.717, 1.165) is 16.5 Å². The molecule has 68 valence electrons. The molecule has 1 heterocycles. The van der Waals surface area contributed by atoms with Gasteiger partial charge in [-0.3, -0.25) is 0 Å². The number of furan rings is 1. The predicted octanol–water partition coefficient (Wildman–Crippen LogP) is 2.89. The van der Waals surface area contributed by atoms with E-state index in [0.29, 0.717) is 6.61 Å². The van der Waals surface area contributed by atoms with Crippen LogP contribution in [0.3, 0.4) is 0 Å². The summed E-state index contributed by atoms with van der Waals surface area (Å²) >= 11 is 0. The van der Waals surface area contributed by atoms with Crippen molar-refractivity contribution in [3.05, 3.63) is 35.6 Å². The first kappa shape index (κ1) is 8.32. The number of aryl methyl sites for hydroxylation is 1. The molecular formula is C11H12O2. The van der Waals surface area contributed by atoms with Gasteiger partial charge >= 0.3 is 0 Å². The van der Waals surface area contributed by atoms with Crippen LogP contribution >= 0.6 is 0 Å². The molecule has 0 bridgehead atoms. The quantitative estimate of drug-likeness (QED) is 0.702. The first-order chi connectivity index (χ1) is 6.31. The normalized spacial score (nSPS) is 10.9. The van der Waals surface area contributed by atoms with Crippen LogP contribution in [0.5, 0.6) is 0 Å². The molecular weight excluding hydrogens is 164 g/mol. The summed E-state index contributed by atoms with van der Waals surface area (Å²) in [5.74, 6) is 0. The van der Waals surface area contributed by atoms with Crippen LogP contribution < -0.4 is 0 Å². The lowest BCUT2D eigenvalue weighted by atomic mass is 10.1. The standard InChI is InChI=1S/C11H12O2/c1-8-3-4-11-10(5-8)9(6-12-2)7-13-11/h3-5,7H,6H2,1-2H3. The van der Waals surface area contributed by atoms with Crippen molar-refractivity contribution in [3.8, 4) is 0 Å². The van der Waals surface area contributed by atoms with Gasteiger partial charge in [0.15, 0.2) is 0 Å². The Kier molecular flexibility index (Phi) is 2.07. The highest BCUT2D eigenvalue weighted by atomic mass is 16.5. The average molecular weight is 176 g/mol. The van der Waals surface area contributed by atoms with E-state index >= 15 is 0 Å². The molecule has 0 aliphatic rings. The van der Waals surface area contributed by atoms with Crippen LogP contribution in [0, 0.1) is 6.92 Å². The molecule has 0 atom stereocenters. The van der Waals surface area contributed by atoms with Crippen LogP contribution in [-0.2, 0) is 11.3 Å². The van der Waals surface area contributed by atoms with Crippen LogP contribution in [0.25, 0.3) is 11.0 Å². The first-order valence-corrected chi connectivity index (χ1v) is 4.27. The Labute approximate surface area is 77.1 Å². The van der Waals surface area contributed by atoms with Crippen LogP contribution in [0.15, 0.2) is 28.9 Å². The summed E-state index contributed by atoms with van der Waals surface area (Å²) in [6, 6.07) is 6.15. The van der Waals surface area contributed by atoms with E-state index in [2.05, 4.69) is 13.0 Å². The van der Waals surface area contributed by atoms with Gasteiger partial charge in [0, 0.05) is 18.1 Å². The Balaban J connectivity index is 2.58. The lowest BCUT2D eigenvalue weighted by Crippen LogP contribution is -1.84. The van der Waals surface area contributed by atoms with Gasteiger partial charge in [-0.05, 0) is 19.1 Å². The summed E-state index contributed by atoms with van der Waals surface area (Å²) in [7, 11) is 1.69.